The summed E-state index contributed by atoms with van der Waals surface area (Å²) >= 11 is 1.78. The Bertz CT molecular complexity index is 479. The minimum atomic E-state index is -0.446. The summed E-state index contributed by atoms with van der Waals surface area (Å²) in [4.78, 5) is 13.7. The fraction of sp³-hybridized carbons (Fsp3) is 0.692. The summed E-state index contributed by atoms with van der Waals surface area (Å²) in [6.45, 7) is 6.81. The van der Waals surface area contributed by atoms with Crippen LogP contribution >= 0.6 is 11.9 Å². The van der Waals surface area contributed by atoms with E-state index in [0.29, 0.717) is 13.1 Å². The fourth-order valence-electron chi connectivity index (χ4n) is 1.96. The minimum absolute atomic E-state index is 0.258. The molecule has 1 amide bonds. The maximum absolute atomic E-state index is 12.0. The number of carbonyl (C=O) groups excluding carboxylic acids is 1. The van der Waals surface area contributed by atoms with Crippen LogP contribution in [0.4, 0.5) is 4.79 Å². The highest BCUT2D eigenvalue weighted by Crippen LogP contribution is 2.35. The average molecular weight is 281 g/mol. The molecule has 0 atom stereocenters. The summed E-state index contributed by atoms with van der Waals surface area (Å²) < 4.78 is 7.33. The first kappa shape index (κ1) is 12.8. The SMILES string of the molecule is CC(C)(C)OC(=O)N1Cc2cn(SC3CC3)nc2C1. The highest BCUT2D eigenvalue weighted by molar-refractivity contribution is 7.98. The van der Waals surface area contributed by atoms with Crippen molar-refractivity contribution in [3.05, 3.63) is 17.5 Å². The molecule has 104 valence electrons. The quantitative estimate of drug-likeness (QED) is 0.836. The summed E-state index contributed by atoms with van der Waals surface area (Å²) in [6, 6.07) is 0. The third-order valence-electron chi connectivity index (χ3n) is 2.99. The van der Waals surface area contributed by atoms with Crippen molar-refractivity contribution in [1.82, 2.24) is 14.1 Å². The molecular weight excluding hydrogens is 262 g/mol. The third kappa shape index (κ3) is 3.05. The molecule has 1 aromatic rings. The first-order valence-corrected chi connectivity index (χ1v) is 7.47. The van der Waals surface area contributed by atoms with Gasteiger partial charge in [-0.05, 0) is 45.6 Å². The molecule has 0 N–H and O–H groups in total. The molecule has 0 saturated heterocycles. The van der Waals surface area contributed by atoms with Crippen LogP contribution in [0.3, 0.4) is 0 Å². The van der Waals surface area contributed by atoms with E-state index in [1.165, 1.54) is 12.8 Å². The second kappa shape index (κ2) is 4.44. The molecule has 3 rings (SSSR count). The second-order valence-electron chi connectivity index (χ2n) is 6.14. The largest absolute Gasteiger partial charge is 0.444 e. The number of amides is 1. The number of rotatable bonds is 2. The summed E-state index contributed by atoms with van der Waals surface area (Å²) in [5.74, 6) is 0. The van der Waals surface area contributed by atoms with Crippen molar-refractivity contribution in [2.24, 2.45) is 0 Å². The highest BCUT2D eigenvalue weighted by atomic mass is 32.2. The molecule has 0 spiro atoms. The van der Waals surface area contributed by atoms with Crippen molar-refractivity contribution in [1.29, 1.82) is 0 Å². The standard InChI is InChI=1S/C13H19N3O2S/c1-13(2,3)18-12(17)15-6-9-7-16(14-11(9)8-15)19-10-4-5-10/h7,10H,4-6,8H2,1-3H3. The molecule has 2 aliphatic rings. The van der Waals surface area contributed by atoms with Crippen molar-refractivity contribution in [3.63, 3.8) is 0 Å². The lowest BCUT2D eigenvalue weighted by atomic mass is 10.2. The van der Waals surface area contributed by atoms with Crippen LogP contribution in [-0.2, 0) is 17.8 Å². The molecule has 1 aliphatic carbocycles. The Morgan fingerprint density at radius 3 is 2.74 bits per heavy atom. The summed E-state index contributed by atoms with van der Waals surface area (Å²) in [5, 5.41) is 5.27. The zero-order valence-corrected chi connectivity index (χ0v) is 12.4. The van der Waals surface area contributed by atoms with Gasteiger partial charge in [-0.25, -0.2) is 8.88 Å². The normalized spacial score (nSPS) is 18.6. The third-order valence-corrected chi connectivity index (χ3v) is 4.16. The Hall–Kier alpha value is -1.17. The van der Waals surface area contributed by atoms with Crippen molar-refractivity contribution in [2.45, 2.75) is 57.6 Å². The Morgan fingerprint density at radius 2 is 2.16 bits per heavy atom. The number of hydrogen-bond acceptors (Lipinski definition) is 4. The topological polar surface area (TPSA) is 47.4 Å². The molecular formula is C13H19N3O2S. The smallest absolute Gasteiger partial charge is 0.410 e. The zero-order chi connectivity index (χ0) is 13.6. The maximum Gasteiger partial charge on any atom is 0.410 e. The zero-order valence-electron chi connectivity index (χ0n) is 11.5. The van der Waals surface area contributed by atoms with Crippen molar-refractivity contribution >= 4 is 18.0 Å². The van der Waals surface area contributed by atoms with Gasteiger partial charge >= 0.3 is 6.09 Å². The Morgan fingerprint density at radius 1 is 1.42 bits per heavy atom. The van der Waals surface area contributed by atoms with Crippen LogP contribution in [0.2, 0.25) is 0 Å². The summed E-state index contributed by atoms with van der Waals surface area (Å²) in [5.41, 5.74) is 1.69. The van der Waals surface area contributed by atoms with Crippen LogP contribution < -0.4 is 0 Å². The van der Waals surface area contributed by atoms with E-state index in [-0.39, 0.29) is 6.09 Å². The summed E-state index contributed by atoms with van der Waals surface area (Å²) in [6.07, 6.45) is 4.37. The van der Waals surface area contributed by atoms with Gasteiger partial charge in [0.2, 0.25) is 0 Å². The van der Waals surface area contributed by atoms with Crippen LogP contribution in [0.1, 0.15) is 44.9 Å². The van der Waals surface area contributed by atoms with Gasteiger partial charge in [-0.15, -0.1) is 0 Å². The first-order valence-electron chi connectivity index (χ1n) is 6.63. The first-order chi connectivity index (χ1) is 8.90. The molecule has 1 fully saturated rings. The Labute approximate surface area is 117 Å². The van der Waals surface area contributed by atoms with Gasteiger partial charge in [0, 0.05) is 17.0 Å². The molecule has 2 heterocycles. The van der Waals surface area contributed by atoms with Crippen LogP contribution in [0, 0.1) is 0 Å². The molecule has 0 radical (unpaired) electrons. The number of hydrogen-bond donors (Lipinski definition) is 0. The van der Waals surface area contributed by atoms with E-state index in [1.807, 2.05) is 31.1 Å². The molecule has 0 aromatic carbocycles. The number of nitrogens with zero attached hydrogens (tertiary/aromatic N) is 3. The van der Waals surface area contributed by atoms with Crippen molar-refractivity contribution in [2.75, 3.05) is 0 Å². The lowest BCUT2D eigenvalue weighted by Gasteiger charge is -2.24. The van der Waals surface area contributed by atoms with E-state index >= 15 is 0 Å². The molecule has 0 bridgehead atoms. The van der Waals surface area contributed by atoms with Gasteiger partial charge in [-0.3, -0.25) is 4.90 Å². The van der Waals surface area contributed by atoms with E-state index in [1.54, 1.807) is 16.8 Å². The number of ether oxygens (including phenoxy) is 1. The van der Waals surface area contributed by atoms with Crippen LogP contribution in [-0.4, -0.2) is 31.0 Å². The van der Waals surface area contributed by atoms with E-state index < -0.39 is 5.60 Å². The van der Waals surface area contributed by atoms with E-state index in [2.05, 4.69) is 5.10 Å². The van der Waals surface area contributed by atoms with E-state index in [4.69, 9.17) is 4.74 Å². The van der Waals surface area contributed by atoms with Crippen LogP contribution in [0.25, 0.3) is 0 Å². The molecule has 1 aromatic heterocycles. The molecule has 5 nitrogen and oxygen atoms in total. The van der Waals surface area contributed by atoms with Gasteiger partial charge in [0.15, 0.2) is 0 Å². The number of aromatic nitrogens is 2. The molecule has 0 unspecified atom stereocenters. The lowest BCUT2D eigenvalue weighted by Crippen LogP contribution is -2.33. The monoisotopic (exact) mass is 281 g/mol. The maximum atomic E-state index is 12.0. The fourth-order valence-corrected chi connectivity index (χ4v) is 2.95. The van der Waals surface area contributed by atoms with Gasteiger partial charge < -0.3 is 4.74 Å². The van der Waals surface area contributed by atoms with Crippen LogP contribution in [0.5, 0.6) is 0 Å². The molecule has 6 heteroatoms. The van der Waals surface area contributed by atoms with Gasteiger partial charge in [0.05, 0.1) is 18.8 Å². The van der Waals surface area contributed by atoms with E-state index in [9.17, 15) is 4.79 Å². The van der Waals surface area contributed by atoms with Gasteiger partial charge in [0.25, 0.3) is 0 Å². The molecule has 1 saturated carbocycles. The number of carbonyl (C=O) groups is 1. The van der Waals surface area contributed by atoms with Crippen LogP contribution in [0.15, 0.2) is 6.20 Å². The second-order valence-corrected chi connectivity index (χ2v) is 7.40. The minimum Gasteiger partial charge on any atom is -0.444 e. The Balaban J connectivity index is 1.61. The van der Waals surface area contributed by atoms with Gasteiger partial charge in [-0.1, -0.05) is 0 Å². The van der Waals surface area contributed by atoms with Crippen molar-refractivity contribution < 1.29 is 9.53 Å². The predicted octanol–water partition coefficient (Wildman–Crippen LogP) is 2.79. The van der Waals surface area contributed by atoms with Gasteiger partial charge in [-0.2, -0.15) is 5.10 Å². The predicted molar refractivity (Wildman–Crippen MR) is 73.7 cm³/mol. The van der Waals surface area contributed by atoms with E-state index in [0.717, 1.165) is 16.5 Å². The Kier molecular flexibility index (Phi) is 3.00. The molecule has 1 aliphatic heterocycles. The number of fused-ring (bicyclic) bond motifs is 1. The highest BCUT2D eigenvalue weighted by Gasteiger charge is 2.31. The lowest BCUT2D eigenvalue weighted by molar-refractivity contribution is 0.0239. The summed E-state index contributed by atoms with van der Waals surface area (Å²) in [7, 11) is 0. The van der Waals surface area contributed by atoms with Gasteiger partial charge in [0.1, 0.15) is 5.60 Å². The molecule has 19 heavy (non-hydrogen) atoms. The van der Waals surface area contributed by atoms with Crippen molar-refractivity contribution in [3.8, 4) is 0 Å². The average Bonchev–Trinajstić information content (AvgIpc) is 2.83.